The maximum Gasteiger partial charge on any atom is 0.494 e. The van der Waals surface area contributed by atoms with Crippen molar-refractivity contribution in [2.75, 3.05) is 6.54 Å². The molecule has 2 aliphatic rings. The number of aryl methyl sites for hydroxylation is 1. The molecular formula is C25H32BN3O5S. The lowest BCUT2D eigenvalue weighted by molar-refractivity contribution is 0.00578. The highest BCUT2D eigenvalue weighted by molar-refractivity contribution is 7.89. The second-order valence-corrected chi connectivity index (χ2v) is 12.3. The molecular weight excluding hydrogens is 465 g/mol. The molecule has 0 amide bonds. The number of aromatic nitrogens is 2. The Morgan fingerprint density at radius 3 is 2.49 bits per heavy atom. The molecule has 10 heteroatoms. The molecule has 2 aliphatic heterocycles. The minimum Gasteiger partial charge on any atom is -0.488 e. The van der Waals surface area contributed by atoms with Crippen LogP contribution in [0.3, 0.4) is 0 Å². The van der Waals surface area contributed by atoms with E-state index in [2.05, 4.69) is 4.98 Å². The summed E-state index contributed by atoms with van der Waals surface area (Å²) in [7, 11) is -2.42. The SMILES string of the molecule is CC[C@@H]1CN(Cc2cc(B3OC(C)(C)C(C)(C)O3)cc3c2ncn3C)S(=O)(=O)c2ccccc2O1. The van der Waals surface area contributed by atoms with E-state index in [-0.39, 0.29) is 24.1 Å². The van der Waals surface area contributed by atoms with Gasteiger partial charge < -0.3 is 18.6 Å². The number of fused-ring (bicyclic) bond motifs is 2. The molecule has 1 saturated heterocycles. The summed E-state index contributed by atoms with van der Waals surface area (Å²) < 4.78 is 49.5. The molecule has 0 saturated carbocycles. The Bertz CT molecular complexity index is 1370. The molecule has 186 valence electrons. The summed E-state index contributed by atoms with van der Waals surface area (Å²) in [5.74, 6) is 0.399. The van der Waals surface area contributed by atoms with Gasteiger partial charge in [-0.3, -0.25) is 0 Å². The van der Waals surface area contributed by atoms with Gasteiger partial charge in [-0.15, -0.1) is 0 Å². The average Bonchev–Trinajstić information content (AvgIpc) is 3.24. The summed E-state index contributed by atoms with van der Waals surface area (Å²) in [5.41, 5.74) is 2.32. The van der Waals surface area contributed by atoms with Gasteiger partial charge in [-0.1, -0.05) is 25.1 Å². The predicted octanol–water partition coefficient (Wildman–Crippen LogP) is 3.23. The fourth-order valence-electron chi connectivity index (χ4n) is 4.56. The van der Waals surface area contributed by atoms with E-state index in [0.717, 1.165) is 22.1 Å². The zero-order valence-electron chi connectivity index (χ0n) is 21.1. The van der Waals surface area contributed by atoms with Gasteiger partial charge in [0.2, 0.25) is 10.0 Å². The summed E-state index contributed by atoms with van der Waals surface area (Å²) in [6, 6.07) is 10.8. The van der Waals surface area contributed by atoms with Crippen molar-refractivity contribution in [2.45, 2.75) is 69.8 Å². The summed E-state index contributed by atoms with van der Waals surface area (Å²) in [4.78, 5) is 4.78. The first-order valence-electron chi connectivity index (χ1n) is 12.0. The van der Waals surface area contributed by atoms with Crippen LogP contribution in [0.15, 0.2) is 47.6 Å². The summed E-state index contributed by atoms with van der Waals surface area (Å²) in [6.07, 6.45) is 2.18. The van der Waals surface area contributed by atoms with Crippen LogP contribution in [0.1, 0.15) is 46.6 Å². The third kappa shape index (κ3) is 4.06. The zero-order chi connectivity index (χ0) is 25.2. The van der Waals surface area contributed by atoms with Crippen molar-refractivity contribution < 1.29 is 22.5 Å². The third-order valence-electron chi connectivity index (χ3n) is 7.43. The standard InChI is InChI=1S/C25H32BN3O5S/c1-7-19-15-29(35(30,31)22-11-9-8-10-21(22)32-19)14-17-12-18(13-20-23(17)27-16-28(20)6)26-33-24(2,3)25(4,5)34-26/h8-13,16,19H,7,14-15H2,1-6H3/t19-/m1/s1. The van der Waals surface area contributed by atoms with Gasteiger partial charge in [-0.25, -0.2) is 13.4 Å². The van der Waals surface area contributed by atoms with Crippen molar-refractivity contribution in [2.24, 2.45) is 7.05 Å². The van der Waals surface area contributed by atoms with Crippen molar-refractivity contribution in [3.63, 3.8) is 0 Å². The Labute approximate surface area is 207 Å². The average molecular weight is 497 g/mol. The first kappa shape index (κ1) is 24.3. The van der Waals surface area contributed by atoms with Crippen LogP contribution >= 0.6 is 0 Å². The predicted molar refractivity (Wildman–Crippen MR) is 135 cm³/mol. The van der Waals surface area contributed by atoms with Gasteiger partial charge in [-0.05, 0) is 63.3 Å². The van der Waals surface area contributed by atoms with Gasteiger partial charge in [-0.2, -0.15) is 4.31 Å². The van der Waals surface area contributed by atoms with Crippen molar-refractivity contribution in [3.05, 3.63) is 48.3 Å². The molecule has 2 aromatic carbocycles. The van der Waals surface area contributed by atoms with Gasteiger partial charge in [0, 0.05) is 13.6 Å². The van der Waals surface area contributed by atoms with Crippen LogP contribution in [-0.4, -0.2) is 53.2 Å². The molecule has 0 aliphatic carbocycles. The molecule has 5 rings (SSSR count). The topological polar surface area (TPSA) is 82.9 Å². The van der Waals surface area contributed by atoms with E-state index in [4.69, 9.17) is 14.0 Å². The highest BCUT2D eigenvalue weighted by atomic mass is 32.2. The van der Waals surface area contributed by atoms with Gasteiger partial charge in [0.15, 0.2) is 0 Å². The van der Waals surface area contributed by atoms with Crippen LogP contribution in [0.2, 0.25) is 0 Å². The van der Waals surface area contributed by atoms with E-state index in [9.17, 15) is 8.42 Å². The zero-order valence-corrected chi connectivity index (χ0v) is 21.9. The fraction of sp³-hybridized carbons (Fsp3) is 0.480. The molecule has 0 spiro atoms. The van der Waals surface area contributed by atoms with Crippen LogP contribution in [0, 0.1) is 0 Å². The van der Waals surface area contributed by atoms with E-state index in [1.807, 2.05) is 58.4 Å². The minimum absolute atomic E-state index is 0.164. The Morgan fingerprint density at radius 2 is 1.80 bits per heavy atom. The molecule has 3 heterocycles. The molecule has 0 unspecified atom stereocenters. The van der Waals surface area contributed by atoms with Gasteiger partial charge in [0.1, 0.15) is 16.7 Å². The molecule has 1 aromatic heterocycles. The molecule has 0 bridgehead atoms. The molecule has 3 aromatic rings. The van der Waals surface area contributed by atoms with Crippen LogP contribution in [0.25, 0.3) is 11.0 Å². The number of para-hydroxylation sites is 1. The van der Waals surface area contributed by atoms with E-state index in [1.165, 1.54) is 4.31 Å². The van der Waals surface area contributed by atoms with E-state index < -0.39 is 28.3 Å². The molecule has 1 atom stereocenters. The number of sulfonamides is 1. The largest absolute Gasteiger partial charge is 0.494 e. The second-order valence-electron chi connectivity index (χ2n) is 10.4. The molecule has 0 N–H and O–H groups in total. The lowest BCUT2D eigenvalue weighted by atomic mass is 9.78. The molecule has 1 fully saturated rings. The fourth-order valence-corrected chi connectivity index (χ4v) is 6.13. The first-order valence-corrected chi connectivity index (χ1v) is 13.4. The van der Waals surface area contributed by atoms with E-state index in [1.54, 1.807) is 30.6 Å². The molecule has 0 radical (unpaired) electrons. The summed E-state index contributed by atoms with van der Waals surface area (Å²) >= 11 is 0. The Balaban J connectivity index is 1.58. The number of rotatable bonds is 4. The van der Waals surface area contributed by atoms with Crippen molar-refractivity contribution in [1.82, 2.24) is 13.9 Å². The van der Waals surface area contributed by atoms with Crippen LogP contribution in [0.4, 0.5) is 0 Å². The first-order chi connectivity index (χ1) is 16.4. The van der Waals surface area contributed by atoms with Crippen LogP contribution < -0.4 is 10.2 Å². The van der Waals surface area contributed by atoms with Crippen LogP contribution in [0.5, 0.6) is 5.75 Å². The quantitative estimate of drug-likeness (QED) is 0.515. The minimum atomic E-state index is -3.78. The maximum absolute atomic E-state index is 13.7. The van der Waals surface area contributed by atoms with Crippen molar-refractivity contribution in [1.29, 1.82) is 0 Å². The maximum atomic E-state index is 13.7. The Kier molecular flexibility index (Phi) is 5.79. The highest BCUT2D eigenvalue weighted by Gasteiger charge is 2.52. The van der Waals surface area contributed by atoms with Crippen molar-refractivity contribution in [3.8, 4) is 5.75 Å². The van der Waals surface area contributed by atoms with Crippen molar-refractivity contribution >= 4 is 33.6 Å². The second kappa shape index (κ2) is 8.33. The number of imidazole rings is 1. The summed E-state index contributed by atoms with van der Waals surface area (Å²) in [6.45, 7) is 10.5. The van der Waals surface area contributed by atoms with Gasteiger partial charge >= 0.3 is 7.12 Å². The normalized spacial score (nSPS) is 23.1. The van der Waals surface area contributed by atoms with E-state index in [0.29, 0.717) is 12.2 Å². The monoisotopic (exact) mass is 497 g/mol. The smallest absolute Gasteiger partial charge is 0.488 e. The molecule has 8 nitrogen and oxygen atoms in total. The number of hydrogen-bond donors (Lipinski definition) is 0. The van der Waals surface area contributed by atoms with Crippen LogP contribution in [-0.2, 0) is 32.9 Å². The number of hydrogen-bond acceptors (Lipinski definition) is 6. The number of nitrogens with zero attached hydrogens (tertiary/aromatic N) is 3. The number of ether oxygens (including phenoxy) is 1. The van der Waals surface area contributed by atoms with Gasteiger partial charge in [0.05, 0.1) is 35.1 Å². The lowest BCUT2D eigenvalue weighted by Gasteiger charge is -2.32. The lowest BCUT2D eigenvalue weighted by Crippen LogP contribution is -2.41. The van der Waals surface area contributed by atoms with E-state index >= 15 is 0 Å². The highest BCUT2D eigenvalue weighted by Crippen LogP contribution is 2.37. The Morgan fingerprint density at radius 1 is 1.11 bits per heavy atom. The Hall–Kier alpha value is -2.40. The third-order valence-corrected chi connectivity index (χ3v) is 9.28. The molecule has 35 heavy (non-hydrogen) atoms. The number of benzene rings is 2. The summed E-state index contributed by atoms with van der Waals surface area (Å²) in [5, 5.41) is 0. The van der Waals surface area contributed by atoms with Gasteiger partial charge in [0.25, 0.3) is 0 Å².